The lowest BCUT2D eigenvalue weighted by Crippen LogP contribution is -2.14. The van der Waals surface area contributed by atoms with Gasteiger partial charge in [-0.05, 0) is 80.0 Å². The maximum atomic E-state index is 4.80. The molecule has 1 aliphatic carbocycles. The molecule has 4 aliphatic rings. The number of aromatic nitrogens is 4. The fourth-order valence-electron chi connectivity index (χ4n) is 5.98. The fourth-order valence-corrected chi connectivity index (χ4v) is 5.98. The summed E-state index contributed by atoms with van der Waals surface area (Å²) in [5.74, 6) is 2.11. The maximum Gasteiger partial charge on any atom is 0.123 e. The molecule has 0 radical (unpaired) electrons. The van der Waals surface area contributed by atoms with Gasteiger partial charge in [-0.25, -0.2) is 9.97 Å². The number of aromatic amines is 2. The molecule has 7 heteroatoms. The van der Waals surface area contributed by atoms with Crippen molar-refractivity contribution in [1.29, 1.82) is 0 Å². The highest BCUT2D eigenvalue weighted by Crippen LogP contribution is 2.39. The van der Waals surface area contributed by atoms with Gasteiger partial charge in [-0.15, -0.1) is 0 Å². The van der Waals surface area contributed by atoms with Gasteiger partial charge in [-0.3, -0.25) is 4.99 Å². The van der Waals surface area contributed by atoms with Crippen LogP contribution in [0, 0.1) is 0 Å². The molecule has 0 bridgehead atoms. The van der Waals surface area contributed by atoms with Crippen molar-refractivity contribution >= 4 is 17.4 Å². The van der Waals surface area contributed by atoms with E-state index >= 15 is 0 Å². The molecule has 3 aromatic rings. The lowest BCUT2D eigenvalue weighted by molar-refractivity contribution is 0.612. The number of rotatable bonds is 4. The molecular formula is C28H31N7. The smallest absolute Gasteiger partial charge is 0.123 e. The second-order valence-electron chi connectivity index (χ2n) is 10.1. The molecule has 178 valence electrons. The predicted octanol–water partition coefficient (Wildman–Crippen LogP) is 4.71. The molecule has 7 rings (SSSR count). The van der Waals surface area contributed by atoms with Crippen LogP contribution in [0.25, 0.3) is 22.4 Å². The zero-order chi connectivity index (χ0) is 23.2. The number of hydrogen-bond acceptors (Lipinski definition) is 5. The van der Waals surface area contributed by atoms with Crippen molar-refractivity contribution < 1.29 is 0 Å². The quantitative estimate of drug-likeness (QED) is 0.449. The first-order valence-corrected chi connectivity index (χ1v) is 13.0. The second kappa shape index (κ2) is 8.73. The number of nitrogens with one attached hydrogen (secondary N) is 4. The first-order chi connectivity index (χ1) is 17.3. The van der Waals surface area contributed by atoms with E-state index in [0.717, 1.165) is 73.9 Å². The lowest BCUT2D eigenvalue weighted by Gasteiger charge is -2.20. The van der Waals surface area contributed by atoms with Crippen molar-refractivity contribution in [1.82, 2.24) is 30.6 Å². The molecule has 2 atom stereocenters. The van der Waals surface area contributed by atoms with E-state index in [1.807, 2.05) is 18.6 Å². The van der Waals surface area contributed by atoms with E-state index in [1.54, 1.807) is 0 Å². The van der Waals surface area contributed by atoms with E-state index in [1.165, 1.54) is 40.7 Å². The first-order valence-electron chi connectivity index (χ1n) is 13.0. The summed E-state index contributed by atoms with van der Waals surface area (Å²) >= 11 is 0. The highest BCUT2D eigenvalue weighted by Gasteiger charge is 2.24. The van der Waals surface area contributed by atoms with Crippen LogP contribution in [0.2, 0.25) is 0 Å². The summed E-state index contributed by atoms with van der Waals surface area (Å²) in [6.45, 7) is 2.87. The molecule has 2 aromatic heterocycles. The number of fused-ring (bicyclic) bond motifs is 2. The van der Waals surface area contributed by atoms with Crippen LogP contribution in [0.5, 0.6) is 0 Å². The Labute approximate surface area is 205 Å². The van der Waals surface area contributed by atoms with Crippen molar-refractivity contribution in [3.8, 4) is 11.3 Å². The molecule has 0 spiro atoms. The molecule has 5 heterocycles. The standard InChI is InChI=1S/C28H31N7/c1-3-23(30-9-1)27-32-15-25(34-27)17-5-7-21-19(11-17)13-29-14-20-12-18(6-8-22(20)21)26-16-33-28(35-26)24-4-2-10-31-24/h5,7,11-13,15-16,23-24,30-31H,1-4,6,8-10,14H2,(H,32,34)(H,33,35). The van der Waals surface area contributed by atoms with Gasteiger partial charge in [-0.1, -0.05) is 18.2 Å². The summed E-state index contributed by atoms with van der Waals surface area (Å²) in [4.78, 5) is 21.3. The van der Waals surface area contributed by atoms with Crippen molar-refractivity contribution in [2.75, 3.05) is 19.6 Å². The average molecular weight is 466 g/mol. The van der Waals surface area contributed by atoms with Gasteiger partial charge in [0.1, 0.15) is 11.6 Å². The highest BCUT2D eigenvalue weighted by atomic mass is 15.0. The van der Waals surface area contributed by atoms with Gasteiger partial charge in [0.2, 0.25) is 0 Å². The van der Waals surface area contributed by atoms with Crippen molar-refractivity contribution in [3.63, 3.8) is 0 Å². The summed E-state index contributed by atoms with van der Waals surface area (Å²) in [5.41, 5.74) is 9.95. The number of aliphatic imine (C=N–C) groups is 1. The number of H-pyrrole nitrogens is 2. The van der Waals surface area contributed by atoms with Gasteiger partial charge < -0.3 is 20.6 Å². The summed E-state index contributed by atoms with van der Waals surface area (Å²) in [5, 5.41) is 7.06. The number of benzene rings is 1. The summed E-state index contributed by atoms with van der Waals surface area (Å²) in [7, 11) is 0. The molecular weight excluding hydrogens is 434 g/mol. The van der Waals surface area contributed by atoms with Crippen molar-refractivity contribution in [2.24, 2.45) is 4.99 Å². The number of hydrogen-bond donors (Lipinski definition) is 4. The third-order valence-corrected chi connectivity index (χ3v) is 7.88. The summed E-state index contributed by atoms with van der Waals surface area (Å²) < 4.78 is 0. The zero-order valence-electron chi connectivity index (χ0n) is 19.9. The largest absolute Gasteiger partial charge is 0.341 e. The van der Waals surface area contributed by atoms with E-state index in [-0.39, 0.29) is 0 Å². The number of allylic oxidation sites excluding steroid dienone is 2. The van der Waals surface area contributed by atoms with Gasteiger partial charge in [-0.2, -0.15) is 0 Å². The maximum absolute atomic E-state index is 4.80. The van der Waals surface area contributed by atoms with Gasteiger partial charge in [0, 0.05) is 17.3 Å². The molecule has 2 saturated heterocycles. The van der Waals surface area contributed by atoms with E-state index in [2.05, 4.69) is 54.8 Å². The first kappa shape index (κ1) is 21.0. The molecule has 35 heavy (non-hydrogen) atoms. The van der Waals surface area contributed by atoms with E-state index in [4.69, 9.17) is 4.99 Å². The Balaban J connectivity index is 1.17. The molecule has 2 fully saturated rings. The van der Waals surface area contributed by atoms with E-state index < -0.39 is 0 Å². The number of imidazole rings is 2. The summed E-state index contributed by atoms with van der Waals surface area (Å²) in [6.07, 6.45) is 15.1. The minimum absolute atomic E-state index is 0.349. The van der Waals surface area contributed by atoms with Crippen LogP contribution in [0.4, 0.5) is 0 Å². The Hall–Kier alpha value is -3.29. The van der Waals surface area contributed by atoms with Crippen LogP contribution >= 0.6 is 0 Å². The molecule has 0 amide bonds. The monoisotopic (exact) mass is 465 g/mol. The van der Waals surface area contributed by atoms with Gasteiger partial charge in [0.15, 0.2) is 0 Å². The van der Waals surface area contributed by atoms with Gasteiger partial charge in [0.05, 0.1) is 42.4 Å². The van der Waals surface area contributed by atoms with Crippen molar-refractivity contribution in [3.05, 3.63) is 70.7 Å². The van der Waals surface area contributed by atoms with Crippen LogP contribution in [0.1, 0.15) is 79.1 Å². The number of nitrogens with zero attached hydrogens (tertiary/aromatic N) is 3. The second-order valence-corrected chi connectivity index (χ2v) is 10.1. The topological polar surface area (TPSA) is 93.8 Å². The molecule has 2 unspecified atom stereocenters. The fraction of sp³-hybridized carbons (Fsp3) is 0.393. The Morgan fingerprint density at radius 1 is 0.829 bits per heavy atom. The molecule has 7 nitrogen and oxygen atoms in total. The highest BCUT2D eigenvalue weighted by molar-refractivity contribution is 5.94. The van der Waals surface area contributed by atoms with Gasteiger partial charge >= 0.3 is 0 Å². The van der Waals surface area contributed by atoms with Crippen LogP contribution < -0.4 is 10.6 Å². The SMILES string of the molecule is C1=NCC2=C(CCC(c3cnc(C4CCCN4)[nH]3)=C2)c2ccc(-c3cnc(C4CCCN4)[nH]3)cc21. The molecule has 0 saturated carbocycles. The Morgan fingerprint density at radius 2 is 1.57 bits per heavy atom. The van der Waals surface area contributed by atoms with Crippen molar-refractivity contribution in [2.45, 2.75) is 50.6 Å². The molecule has 4 N–H and O–H groups in total. The minimum Gasteiger partial charge on any atom is -0.341 e. The van der Waals surface area contributed by atoms with E-state index in [0.29, 0.717) is 12.1 Å². The Morgan fingerprint density at radius 3 is 2.31 bits per heavy atom. The Kier molecular flexibility index (Phi) is 5.25. The zero-order valence-corrected chi connectivity index (χ0v) is 19.9. The van der Waals surface area contributed by atoms with Crippen LogP contribution in [0.15, 0.2) is 47.2 Å². The lowest BCUT2D eigenvalue weighted by atomic mass is 9.85. The van der Waals surface area contributed by atoms with Crippen LogP contribution in [-0.4, -0.2) is 45.8 Å². The summed E-state index contributed by atoms with van der Waals surface area (Å²) in [6, 6.07) is 7.46. The minimum atomic E-state index is 0.349. The van der Waals surface area contributed by atoms with Crippen LogP contribution in [0.3, 0.4) is 0 Å². The third kappa shape index (κ3) is 3.89. The van der Waals surface area contributed by atoms with Gasteiger partial charge in [0.25, 0.3) is 0 Å². The third-order valence-electron chi connectivity index (χ3n) is 7.88. The molecule has 3 aliphatic heterocycles. The Bertz CT molecular complexity index is 1340. The van der Waals surface area contributed by atoms with E-state index in [9.17, 15) is 0 Å². The average Bonchev–Trinajstić information content (AvgIpc) is 3.69. The van der Waals surface area contributed by atoms with Crippen LogP contribution in [-0.2, 0) is 0 Å². The normalized spacial score (nSPS) is 23.8. The molecule has 1 aromatic carbocycles. The predicted molar refractivity (Wildman–Crippen MR) is 139 cm³/mol.